The quantitative estimate of drug-likeness (QED) is 0.365. The highest BCUT2D eigenvalue weighted by molar-refractivity contribution is 5.75. The lowest BCUT2D eigenvalue weighted by atomic mass is 10.3. The van der Waals surface area contributed by atoms with E-state index in [1.807, 2.05) is 6.92 Å². The summed E-state index contributed by atoms with van der Waals surface area (Å²) in [6.07, 6.45) is -1.06. The lowest BCUT2D eigenvalue weighted by molar-refractivity contribution is -0.145. The lowest BCUT2D eigenvalue weighted by Gasteiger charge is -2.12. The zero-order valence-electron chi connectivity index (χ0n) is 14.4. The van der Waals surface area contributed by atoms with Crippen LogP contribution in [0, 0.1) is 5.92 Å². The van der Waals surface area contributed by atoms with Gasteiger partial charge in [-0.1, -0.05) is 6.92 Å². The van der Waals surface area contributed by atoms with Crippen molar-refractivity contribution in [1.82, 2.24) is 5.32 Å². The van der Waals surface area contributed by atoms with E-state index in [1.54, 1.807) is 27.7 Å². The molecule has 0 aromatic heterocycles. The standard InChI is InChI=1S/C15H27NO7/c1-6-20-14(17)11(5)16-12-10(4)13(12)21-7-19-8-22-15(18)23-9(2)3/h9-13,16H,6-8H2,1-5H3. The molecule has 23 heavy (non-hydrogen) atoms. The van der Waals surface area contributed by atoms with E-state index in [9.17, 15) is 9.59 Å². The Morgan fingerprint density at radius 3 is 2.43 bits per heavy atom. The highest BCUT2D eigenvalue weighted by Gasteiger charge is 2.49. The third-order valence-electron chi connectivity index (χ3n) is 3.32. The molecule has 1 aliphatic carbocycles. The van der Waals surface area contributed by atoms with E-state index >= 15 is 0 Å². The Morgan fingerprint density at radius 2 is 1.83 bits per heavy atom. The average Bonchev–Trinajstić information content (AvgIpc) is 3.06. The molecule has 0 aromatic rings. The van der Waals surface area contributed by atoms with Gasteiger partial charge in [0.15, 0.2) is 13.6 Å². The normalized spacial score (nSPS) is 24.2. The zero-order chi connectivity index (χ0) is 17.4. The van der Waals surface area contributed by atoms with Gasteiger partial charge in [-0.05, 0) is 27.7 Å². The summed E-state index contributed by atoms with van der Waals surface area (Å²) in [7, 11) is 0. The van der Waals surface area contributed by atoms with Gasteiger partial charge >= 0.3 is 12.1 Å². The van der Waals surface area contributed by atoms with Crippen molar-refractivity contribution in [3.63, 3.8) is 0 Å². The van der Waals surface area contributed by atoms with Crippen LogP contribution < -0.4 is 5.32 Å². The molecule has 134 valence electrons. The van der Waals surface area contributed by atoms with E-state index in [4.69, 9.17) is 23.7 Å². The molecule has 0 spiro atoms. The van der Waals surface area contributed by atoms with Crippen molar-refractivity contribution in [2.24, 2.45) is 5.92 Å². The van der Waals surface area contributed by atoms with Gasteiger partial charge in [-0.15, -0.1) is 0 Å². The Hall–Kier alpha value is -1.38. The van der Waals surface area contributed by atoms with Crippen molar-refractivity contribution in [3.05, 3.63) is 0 Å². The summed E-state index contributed by atoms with van der Waals surface area (Å²) < 4.78 is 25.0. The molecule has 4 atom stereocenters. The maximum absolute atomic E-state index is 11.5. The molecule has 0 bridgehead atoms. The second-order valence-electron chi connectivity index (χ2n) is 5.66. The smallest absolute Gasteiger partial charge is 0.465 e. The Balaban J connectivity index is 2.10. The molecule has 8 nitrogen and oxygen atoms in total. The number of hydrogen-bond acceptors (Lipinski definition) is 8. The predicted molar refractivity (Wildman–Crippen MR) is 80.6 cm³/mol. The maximum atomic E-state index is 11.5. The molecule has 1 rings (SSSR count). The van der Waals surface area contributed by atoms with Crippen molar-refractivity contribution >= 4 is 12.1 Å². The summed E-state index contributed by atoms with van der Waals surface area (Å²) in [5, 5.41) is 3.16. The number of carbonyl (C=O) groups is 2. The van der Waals surface area contributed by atoms with E-state index in [-0.39, 0.29) is 49.8 Å². The van der Waals surface area contributed by atoms with Crippen LogP contribution in [0.2, 0.25) is 0 Å². The van der Waals surface area contributed by atoms with Crippen LogP contribution in [0.3, 0.4) is 0 Å². The van der Waals surface area contributed by atoms with Crippen LogP contribution in [0.25, 0.3) is 0 Å². The van der Waals surface area contributed by atoms with E-state index < -0.39 is 6.16 Å². The van der Waals surface area contributed by atoms with Crippen LogP contribution in [0.15, 0.2) is 0 Å². The summed E-state index contributed by atoms with van der Waals surface area (Å²) in [6.45, 7) is 9.11. The number of esters is 1. The molecule has 4 unspecified atom stereocenters. The Bertz CT molecular complexity index is 388. The topological polar surface area (TPSA) is 92.3 Å². The van der Waals surface area contributed by atoms with Crippen LogP contribution in [0.4, 0.5) is 4.79 Å². The number of rotatable bonds is 10. The average molecular weight is 333 g/mol. The molecule has 0 amide bonds. The van der Waals surface area contributed by atoms with Gasteiger partial charge in [0.25, 0.3) is 0 Å². The second-order valence-corrected chi connectivity index (χ2v) is 5.66. The van der Waals surface area contributed by atoms with Crippen LogP contribution in [-0.2, 0) is 28.5 Å². The number of carbonyl (C=O) groups excluding carboxylic acids is 2. The first-order valence-electron chi connectivity index (χ1n) is 7.82. The fraction of sp³-hybridized carbons (Fsp3) is 0.867. The van der Waals surface area contributed by atoms with Crippen molar-refractivity contribution in [2.75, 3.05) is 20.2 Å². The highest BCUT2D eigenvalue weighted by atomic mass is 16.8. The van der Waals surface area contributed by atoms with Gasteiger partial charge in [0.1, 0.15) is 6.04 Å². The molecule has 1 N–H and O–H groups in total. The van der Waals surface area contributed by atoms with E-state index in [2.05, 4.69) is 5.32 Å². The van der Waals surface area contributed by atoms with E-state index in [0.717, 1.165) is 0 Å². The van der Waals surface area contributed by atoms with E-state index in [0.29, 0.717) is 6.61 Å². The van der Waals surface area contributed by atoms with Crippen LogP contribution in [0.5, 0.6) is 0 Å². The molecule has 1 saturated carbocycles. The van der Waals surface area contributed by atoms with Gasteiger partial charge in [-0.3, -0.25) is 10.1 Å². The summed E-state index contributed by atoms with van der Waals surface area (Å²) in [6, 6.07) is -0.309. The minimum atomic E-state index is -0.775. The fourth-order valence-corrected chi connectivity index (χ4v) is 2.03. The van der Waals surface area contributed by atoms with Crippen molar-refractivity contribution < 1.29 is 33.3 Å². The first-order valence-corrected chi connectivity index (χ1v) is 7.82. The first-order chi connectivity index (χ1) is 10.9. The molecule has 1 fully saturated rings. The molecular formula is C15H27NO7. The summed E-state index contributed by atoms with van der Waals surface area (Å²) in [5.41, 5.74) is 0. The van der Waals surface area contributed by atoms with Crippen molar-refractivity contribution in [1.29, 1.82) is 0 Å². The minimum absolute atomic E-state index is 0.00404. The molecule has 0 saturated heterocycles. The molecule has 8 heteroatoms. The van der Waals surface area contributed by atoms with Gasteiger partial charge in [-0.25, -0.2) is 4.79 Å². The Morgan fingerprint density at radius 1 is 1.13 bits per heavy atom. The third kappa shape index (κ3) is 7.15. The molecular weight excluding hydrogens is 306 g/mol. The van der Waals surface area contributed by atoms with Crippen molar-refractivity contribution in [3.8, 4) is 0 Å². The third-order valence-corrected chi connectivity index (χ3v) is 3.32. The number of ether oxygens (including phenoxy) is 5. The molecule has 0 aliphatic heterocycles. The van der Waals surface area contributed by atoms with E-state index in [1.165, 1.54) is 0 Å². The lowest BCUT2D eigenvalue weighted by Crippen LogP contribution is -2.38. The Kier molecular flexibility index (Phi) is 8.29. The van der Waals surface area contributed by atoms with Crippen LogP contribution in [0.1, 0.15) is 34.6 Å². The van der Waals surface area contributed by atoms with Crippen LogP contribution >= 0.6 is 0 Å². The largest absolute Gasteiger partial charge is 0.510 e. The highest BCUT2D eigenvalue weighted by Crippen LogP contribution is 2.34. The predicted octanol–water partition coefficient (Wildman–Crippen LogP) is 1.42. The second kappa shape index (κ2) is 9.69. The monoisotopic (exact) mass is 333 g/mol. The van der Waals surface area contributed by atoms with Gasteiger partial charge in [-0.2, -0.15) is 0 Å². The number of nitrogens with one attached hydrogen (secondary N) is 1. The minimum Gasteiger partial charge on any atom is -0.465 e. The van der Waals surface area contributed by atoms with Crippen LogP contribution in [-0.4, -0.2) is 56.6 Å². The molecule has 0 radical (unpaired) electrons. The summed E-state index contributed by atoms with van der Waals surface area (Å²) >= 11 is 0. The SMILES string of the molecule is CCOC(=O)C(C)NC1C(C)C1OCOCOC(=O)OC(C)C. The molecule has 1 aliphatic rings. The zero-order valence-corrected chi connectivity index (χ0v) is 14.4. The fourth-order valence-electron chi connectivity index (χ4n) is 2.03. The summed E-state index contributed by atoms with van der Waals surface area (Å²) in [4.78, 5) is 22.6. The first kappa shape index (κ1) is 19.7. The van der Waals surface area contributed by atoms with Crippen molar-refractivity contribution in [2.45, 2.75) is 58.9 Å². The summed E-state index contributed by atoms with van der Waals surface area (Å²) in [5.74, 6) is -0.0130. The van der Waals surface area contributed by atoms with Gasteiger partial charge < -0.3 is 23.7 Å². The van der Waals surface area contributed by atoms with Gasteiger partial charge in [0.05, 0.1) is 18.8 Å². The van der Waals surface area contributed by atoms with Gasteiger partial charge in [0.2, 0.25) is 0 Å². The Labute approximate surface area is 136 Å². The molecule has 0 heterocycles. The maximum Gasteiger partial charge on any atom is 0.510 e. The number of hydrogen-bond donors (Lipinski definition) is 1. The molecule has 0 aromatic carbocycles. The van der Waals surface area contributed by atoms with Gasteiger partial charge in [0, 0.05) is 12.0 Å².